The van der Waals surface area contributed by atoms with E-state index in [1.54, 1.807) is 0 Å². The molecule has 0 aliphatic heterocycles. The minimum Gasteiger partial charge on any atom is -0.412 e. The number of hydrogen-bond donors (Lipinski definition) is 1. The van der Waals surface area contributed by atoms with E-state index in [1.165, 1.54) is 0 Å². The summed E-state index contributed by atoms with van der Waals surface area (Å²) in [6.07, 6.45) is 5.19. The molecule has 23 heavy (non-hydrogen) atoms. The molecule has 122 valence electrons. The molecule has 0 bridgehead atoms. The van der Waals surface area contributed by atoms with Gasteiger partial charge in [-0.05, 0) is 18.9 Å². The molecule has 0 saturated carbocycles. The van der Waals surface area contributed by atoms with Crippen LogP contribution in [-0.4, -0.2) is 21.3 Å². The highest BCUT2D eigenvalue weighted by molar-refractivity contribution is 6.06. The van der Waals surface area contributed by atoms with Crippen LogP contribution in [0.4, 0.5) is 5.82 Å². The first-order valence-electron chi connectivity index (χ1n) is 8.45. The molecule has 0 fully saturated rings. The lowest BCUT2D eigenvalue weighted by Gasteiger charge is -2.11. The van der Waals surface area contributed by atoms with Gasteiger partial charge in [0.2, 0.25) is 0 Å². The minimum absolute atomic E-state index is 0.467. The smallest absolute Gasteiger partial charge is 0.152 e. The van der Waals surface area contributed by atoms with E-state index in [-0.39, 0.29) is 0 Å². The molecule has 0 atom stereocenters. The molecular weight excluding hydrogens is 288 g/mol. The molecule has 0 saturated heterocycles. The van der Waals surface area contributed by atoms with Crippen LogP contribution in [0.2, 0.25) is 0 Å². The highest BCUT2D eigenvalue weighted by Gasteiger charge is 2.17. The Morgan fingerprint density at radius 3 is 2.65 bits per heavy atom. The molecule has 2 aromatic heterocycles. The Balaban J connectivity index is 2.19. The van der Waals surface area contributed by atoms with E-state index < -0.39 is 0 Å². The zero-order chi connectivity index (χ0) is 16.2. The molecule has 1 aromatic carbocycles. The fourth-order valence-corrected chi connectivity index (χ4v) is 2.75. The molecule has 0 amide bonds. The third-order valence-electron chi connectivity index (χ3n) is 4.02. The van der Waals surface area contributed by atoms with Crippen molar-refractivity contribution >= 4 is 27.8 Å². The molecule has 2 heterocycles. The van der Waals surface area contributed by atoms with Gasteiger partial charge in [0.25, 0.3) is 0 Å². The summed E-state index contributed by atoms with van der Waals surface area (Å²) < 4.78 is 1.89. The number of nitrogen functional groups attached to an aromatic ring is 1. The van der Waals surface area contributed by atoms with E-state index >= 15 is 0 Å². The number of fused-ring (bicyclic) bond motifs is 3. The van der Waals surface area contributed by atoms with Crippen LogP contribution in [-0.2, 0) is 6.42 Å². The molecule has 2 N–H and O–H groups in total. The second-order valence-electron chi connectivity index (χ2n) is 5.82. The van der Waals surface area contributed by atoms with Crippen LogP contribution < -0.4 is 10.6 Å². The number of unbranched alkanes of at least 4 members (excludes halogenated alkanes) is 2. The van der Waals surface area contributed by atoms with Crippen molar-refractivity contribution in [2.75, 3.05) is 12.3 Å². The Morgan fingerprint density at radius 1 is 1.09 bits per heavy atom. The Labute approximate surface area is 136 Å². The van der Waals surface area contributed by atoms with Crippen LogP contribution in [0.1, 0.15) is 45.4 Å². The van der Waals surface area contributed by atoms with E-state index in [1.807, 2.05) is 22.9 Å². The van der Waals surface area contributed by atoms with E-state index in [2.05, 4.69) is 24.9 Å². The number of aromatic nitrogens is 3. The maximum atomic E-state index is 6.15. The Kier molecular flexibility index (Phi) is 4.65. The summed E-state index contributed by atoms with van der Waals surface area (Å²) in [6.45, 7) is 5.01. The third kappa shape index (κ3) is 2.96. The lowest BCUT2D eigenvalue weighted by Crippen LogP contribution is -2.16. The monoisotopic (exact) mass is 312 g/mol. The van der Waals surface area contributed by atoms with Crippen molar-refractivity contribution in [2.24, 2.45) is 0 Å². The fourth-order valence-electron chi connectivity index (χ4n) is 2.75. The average Bonchev–Trinajstić information content (AvgIpc) is 2.93. The standard InChI is InChI=1S/C18H24N4O/c1-3-5-11-15-21-16-17(22(15)23-12-6-4-2)13-9-7-8-10-14(13)20-18(16)19/h7-10H,3-6,11-12H2,1-2H3,(H2,19,20). The molecule has 3 rings (SSSR count). The second-order valence-corrected chi connectivity index (χ2v) is 5.82. The molecule has 5 nitrogen and oxygen atoms in total. The molecule has 0 spiro atoms. The zero-order valence-electron chi connectivity index (χ0n) is 13.9. The number of rotatable bonds is 7. The second kappa shape index (κ2) is 6.86. The number of nitrogens with two attached hydrogens (primary N) is 1. The van der Waals surface area contributed by atoms with Crippen molar-refractivity contribution in [1.29, 1.82) is 0 Å². The quantitative estimate of drug-likeness (QED) is 0.675. The summed E-state index contributed by atoms with van der Waals surface area (Å²) in [5, 5.41) is 1.03. The predicted molar refractivity (Wildman–Crippen MR) is 94.4 cm³/mol. The number of imidazole rings is 1. The van der Waals surface area contributed by atoms with Crippen molar-refractivity contribution in [1.82, 2.24) is 14.7 Å². The van der Waals surface area contributed by atoms with Gasteiger partial charge in [0, 0.05) is 11.8 Å². The molecule has 3 aromatic rings. The van der Waals surface area contributed by atoms with E-state index in [0.29, 0.717) is 12.4 Å². The number of aryl methyl sites for hydroxylation is 1. The van der Waals surface area contributed by atoms with Gasteiger partial charge in [0.05, 0.1) is 5.52 Å². The summed E-state index contributed by atoms with van der Waals surface area (Å²) in [5.41, 5.74) is 8.70. The number of nitrogens with zero attached hydrogens (tertiary/aromatic N) is 3. The number of anilines is 1. The van der Waals surface area contributed by atoms with E-state index in [9.17, 15) is 0 Å². The number of pyridine rings is 1. The minimum atomic E-state index is 0.467. The normalized spacial score (nSPS) is 11.4. The first-order valence-corrected chi connectivity index (χ1v) is 8.45. The van der Waals surface area contributed by atoms with Crippen molar-refractivity contribution in [3.8, 4) is 0 Å². The van der Waals surface area contributed by atoms with Crippen LogP contribution in [0.25, 0.3) is 21.9 Å². The molecule has 0 aliphatic carbocycles. The van der Waals surface area contributed by atoms with Crippen LogP contribution in [0.5, 0.6) is 0 Å². The van der Waals surface area contributed by atoms with Gasteiger partial charge in [-0.2, -0.15) is 4.73 Å². The molecule has 0 radical (unpaired) electrons. The van der Waals surface area contributed by atoms with Gasteiger partial charge in [-0.15, -0.1) is 0 Å². The summed E-state index contributed by atoms with van der Waals surface area (Å²) in [6, 6.07) is 8.00. The Bertz CT molecular complexity index is 809. The number of hydrogen-bond acceptors (Lipinski definition) is 4. The van der Waals surface area contributed by atoms with Crippen LogP contribution in [0.15, 0.2) is 24.3 Å². The summed E-state index contributed by atoms with van der Waals surface area (Å²) in [5.74, 6) is 1.40. The predicted octanol–water partition coefficient (Wildman–Crippen LogP) is 3.74. The first kappa shape index (κ1) is 15.6. The SMILES string of the molecule is CCCCOn1c(CCCC)nc2c(N)nc3ccccc3c21. The number of benzene rings is 1. The number of para-hydroxylation sites is 1. The molecule has 5 heteroatoms. The van der Waals surface area contributed by atoms with Gasteiger partial charge in [0.1, 0.15) is 23.5 Å². The maximum absolute atomic E-state index is 6.15. The summed E-state index contributed by atoms with van der Waals surface area (Å²) in [4.78, 5) is 15.3. The van der Waals surface area contributed by atoms with E-state index in [0.717, 1.165) is 59.9 Å². The lowest BCUT2D eigenvalue weighted by atomic mass is 10.2. The highest BCUT2D eigenvalue weighted by Crippen LogP contribution is 2.28. The Hall–Kier alpha value is -2.30. The van der Waals surface area contributed by atoms with Gasteiger partial charge in [-0.3, -0.25) is 0 Å². The molecular formula is C18H24N4O. The van der Waals surface area contributed by atoms with Crippen LogP contribution in [0, 0.1) is 0 Å². The molecule has 0 unspecified atom stereocenters. The highest BCUT2D eigenvalue weighted by atomic mass is 16.7. The average molecular weight is 312 g/mol. The molecule has 0 aliphatic rings. The van der Waals surface area contributed by atoms with Gasteiger partial charge < -0.3 is 10.6 Å². The lowest BCUT2D eigenvalue weighted by molar-refractivity contribution is 0.109. The summed E-state index contributed by atoms with van der Waals surface area (Å²) in [7, 11) is 0. The first-order chi connectivity index (χ1) is 11.3. The topological polar surface area (TPSA) is 66.0 Å². The maximum Gasteiger partial charge on any atom is 0.152 e. The van der Waals surface area contributed by atoms with Gasteiger partial charge >= 0.3 is 0 Å². The summed E-state index contributed by atoms with van der Waals surface area (Å²) >= 11 is 0. The van der Waals surface area contributed by atoms with Gasteiger partial charge in [-0.25, -0.2) is 9.97 Å². The van der Waals surface area contributed by atoms with E-state index in [4.69, 9.17) is 15.6 Å². The van der Waals surface area contributed by atoms with Gasteiger partial charge in [0.15, 0.2) is 5.82 Å². The zero-order valence-corrected chi connectivity index (χ0v) is 13.9. The van der Waals surface area contributed by atoms with Crippen molar-refractivity contribution in [3.05, 3.63) is 30.1 Å². The van der Waals surface area contributed by atoms with Crippen LogP contribution >= 0.6 is 0 Å². The Morgan fingerprint density at radius 2 is 1.87 bits per heavy atom. The largest absolute Gasteiger partial charge is 0.412 e. The third-order valence-corrected chi connectivity index (χ3v) is 4.02. The van der Waals surface area contributed by atoms with Crippen molar-refractivity contribution in [2.45, 2.75) is 46.0 Å². The van der Waals surface area contributed by atoms with Gasteiger partial charge in [-0.1, -0.05) is 44.9 Å². The fraction of sp³-hybridized carbons (Fsp3) is 0.444. The van der Waals surface area contributed by atoms with Crippen molar-refractivity contribution in [3.63, 3.8) is 0 Å². The van der Waals surface area contributed by atoms with Crippen molar-refractivity contribution < 1.29 is 4.84 Å². The van der Waals surface area contributed by atoms with Crippen LogP contribution in [0.3, 0.4) is 0 Å².